The van der Waals surface area contributed by atoms with Crippen molar-refractivity contribution in [2.24, 2.45) is 0 Å². The number of H-pyrrole nitrogens is 1. The zero-order valence-electron chi connectivity index (χ0n) is 10.5. The quantitative estimate of drug-likeness (QED) is 0.841. The Morgan fingerprint density at radius 2 is 2.28 bits per heavy atom. The van der Waals surface area contributed by atoms with Crippen molar-refractivity contribution in [2.45, 2.75) is 25.7 Å². The van der Waals surface area contributed by atoms with E-state index >= 15 is 0 Å². The number of aromatic amines is 1. The standard InChI is InChI=1S/C13H17N5/c1-9-16-12(10-3-2-5-14-8-10)7-13(17-9)11-4-6-15-18-11/h4,6-7,10,14H,2-3,5,8H2,1H3,(H,15,18). The molecule has 0 radical (unpaired) electrons. The molecule has 94 valence electrons. The monoisotopic (exact) mass is 243 g/mol. The van der Waals surface area contributed by atoms with Gasteiger partial charge in [0.2, 0.25) is 0 Å². The molecule has 0 bridgehead atoms. The molecule has 0 aliphatic carbocycles. The van der Waals surface area contributed by atoms with Crippen molar-refractivity contribution in [3.8, 4) is 11.4 Å². The molecule has 2 aromatic heterocycles. The van der Waals surface area contributed by atoms with Gasteiger partial charge in [0.15, 0.2) is 0 Å². The molecule has 0 saturated carbocycles. The molecule has 18 heavy (non-hydrogen) atoms. The second kappa shape index (κ2) is 4.86. The summed E-state index contributed by atoms with van der Waals surface area (Å²) in [5.41, 5.74) is 3.02. The Kier molecular flexibility index (Phi) is 3.06. The summed E-state index contributed by atoms with van der Waals surface area (Å²) in [6.45, 7) is 4.08. The Hall–Kier alpha value is -1.75. The van der Waals surface area contributed by atoms with Crippen molar-refractivity contribution in [3.63, 3.8) is 0 Å². The van der Waals surface area contributed by atoms with E-state index in [4.69, 9.17) is 0 Å². The topological polar surface area (TPSA) is 66.5 Å². The maximum Gasteiger partial charge on any atom is 0.126 e. The average molecular weight is 243 g/mol. The number of hydrogen-bond acceptors (Lipinski definition) is 4. The number of rotatable bonds is 2. The minimum absolute atomic E-state index is 0.502. The largest absolute Gasteiger partial charge is 0.316 e. The van der Waals surface area contributed by atoms with Gasteiger partial charge < -0.3 is 5.32 Å². The van der Waals surface area contributed by atoms with Gasteiger partial charge in [0.25, 0.3) is 0 Å². The fourth-order valence-corrected chi connectivity index (χ4v) is 2.44. The van der Waals surface area contributed by atoms with Crippen LogP contribution < -0.4 is 5.32 Å². The van der Waals surface area contributed by atoms with Gasteiger partial charge in [-0.1, -0.05) is 0 Å². The van der Waals surface area contributed by atoms with Crippen LogP contribution in [0.3, 0.4) is 0 Å². The van der Waals surface area contributed by atoms with Gasteiger partial charge >= 0.3 is 0 Å². The maximum absolute atomic E-state index is 4.58. The molecule has 1 atom stereocenters. The molecule has 1 saturated heterocycles. The lowest BCUT2D eigenvalue weighted by molar-refractivity contribution is 0.453. The van der Waals surface area contributed by atoms with Crippen LogP contribution in [0.25, 0.3) is 11.4 Å². The van der Waals surface area contributed by atoms with Gasteiger partial charge in [-0.05, 0) is 38.4 Å². The number of piperidine rings is 1. The van der Waals surface area contributed by atoms with Crippen molar-refractivity contribution in [3.05, 3.63) is 29.8 Å². The summed E-state index contributed by atoms with van der Waals surface area (Å²) in [5.74, 6) is 1.32. The lowest BCUT2D eigenvalue weighted by atomic mass is 9.95. The number of nitrogens with zero attached hydrogens (tertiary/aromatic N) is 3. The first-order chi connectivity index (χ1) is 8.83. The highest BCUT2D eigenvalue weighted by Crippen LogP contribution is 2.24. The van der Waals surface area contributed by atoms with Crippen LogP contribution in [0.4, 0.5) is 0 Å². The molecule has 0 spiro atoms. The summed E-state index contributed by atoms with van der Waals surface area (Å²) in [7, 11) is 0. The van der Waals surface area contributed by atoms with Crippen LogP contribution in [-0.2, 0) is 0 Å². The van der Waals surface area contributed by atoms with Crippen LogP contribution in [0, 0.1) is 6.92 Å². The van der Waals surface area contributed by atoms with E-state index in [1.165, 1.54) is 12.8 Å². The lowest BCUT2D eigenvalue weighted by Gasteiger charge is -2.22. The Morgan fingerprint density at radius 3 is 3.00 bits per heavy atom. The second-order valence-corrected chi connectivity index (χ2v) is 4.74. The molecule has 5 nitrogen and oxygen atoms in total. The SMILES string of the molecule is Cc1nc(-c2ccn[nH]2)cc(C2CCCNC2)n1. The Bertz CT molecular complexity index is 514. The number of hydrogen-bond donors (Lipinski definition) is 2. The third kappa shape index (κ3) is 2.26. The van der Waals surface area contributed by atoms with Crippen molar-refractivity contribution >= 4 is 0 Å². The van der Waals surface area contributed by atoms with Gasteiger partial charge in [-0.2, -0.15) is 5.10 Å². The normalized spacial score (nSPS) is 19.9. The summed E-state index contributed by atoms with van der Waals surface area (Å²) < 4.78 is 0. The fourth-order valence-electron chi connectivity index (χ4n) is 2.44. The minimum atomic E-state index is 0.502. The van der Waals surface area contributed by atoms with Crippen molar-refractivity contribution in [1.29, 1.82) is 0 Å². The molecule has 1 fully saturated rings. The van der Waals surface area contributed by atoms with Crippen LogP contribution in [0.15, 0.2) is 18.3 Å². The van der Waals surface area contributed by atoms with E-state index in [0.29, 0.717) is 5.92 Å². The third-order valence-corrected chi connectivity index (χ3v) is 3.35. The van der Waals surface area contributed by atoms with Crippen molar-refractivity contribution in [1.82, 2.24) is 25.5 Å². The molecule has 3 rings (SSSR count). The third-order valence-electron chi connectivity index (χ3n) is 3.35. The van der Waals surface area contributed by atoms with E-state index in [1.807, 2.05) is 13.0 Å². The smallest absolute Gasteiger partial charge is 0.126 e. The Balaban J connectivity index is 1.95. The first kappa shape index (κ1) is 11.3. The average Bonchev–Trinajstić information content (AvgIpc) is 2.93. The van der Waals surface area contributed by atoms with E-state index in [0.717, 1.165) is 36.0 Å². The molecule has 2 aromatic rings. The summed E-state index contributed by atoms with van der Waals surface area (Å²) in [6.07, 6.45) is 4.16. The Labute approximate surface area is 106 Å². The van der Waals surface area contributed by atoms with Crippen LogP contribution in [0.2, 0.25) is 0 Å². The molecule has 2 N–H and O–H groups in total. The fraction of sp³-hybridized carbons (Fsp3) is 0.462. The Morgan fingerprint density at radius 1 is 1.33 bits per heavy atom. The number of nitrogens with one attached hydrogen (secondary N) is 2. The number of aryl methyl sites for hydroxylation is 1. The maximum atomic E-state index is 4.58. The van der Waals surface area contributed by atoms with E-state index in [9.17, 15) is 0 Å². The summed E-state index contributed by atoms with van der Waals surface area (Å²) in [5, 5.41) is 10.4. The summed E-state index contributed by atoms with van der Waals surface area (Å²) in [4.78, 5) is 9.05. The molecule has 1 aliphatic rings. The van der Waals surface area contributed by atoms with Crippen LogP contribution in [0.5, 0.6) is 0 Å². The molecular weight excluding hydrogens is 226 g/mol. The predicted molar refractivity (Wildman–Crippen MR) is 69.2 cm³/mol. The van der Waals surface area contributed by atoms with E-state index in [-0.39, 0.29) is 0 Å². The van der Waals surface area contributed by atoms with E-state index in [2.05, 4.69) is 31.5 Å². The highest BCUT2D eigenvalue weighted by atomic mass is 15.1. The van der Waals surface area contributed by atoms with Crippen molar-refractivity contribution in [2.75, 3.05) is 13.1 Å². The van der Waals surface area contributed by atoms with E-state index in [1.54, 1.807) is 6.20 Å². The summed E-state index contributed by atoms with van der Waals surface area (Å²) in [6, 6.07) is 4.02. The zero-order valence-corrected chi connectivity index (χ0v) is 10.5. The van der Waals surface area contributed by atoms with Gasteiger partial charge in [0.1, 0.15) is 5.82 Å². The highest BCUT2D eigenvalue weighted by Gasteiger charge is 2.18. The van der Waals surface area contributed by atoms with Gasteiger partial charge in [-0.25, -0.2) is 9.97 Å². The minimum Gasteiger partial charge on any atom is -0.316 e. The molecule has 5 heteroatoms. The summed E-state index contributed by atoms with van der Waals surface area (Å²) >= 11 is 0. The van der Waals surface area contributed by atoms with Crippen molar-refractivity contribution < 1.29 is 0 Å². The molecule has 1 unspecified atom stereocenters. The zero-order chi connectivity index (χ0) is 12.4. The van der Waals surface area contributed by atoms with Crippen LogP contribution in [0.1, 0.15) is 30.3 Å². The molecule has 1 aliphatic heterocycles. The first-order valence-electron chi connectivity index (χ1n) is 6.39. The van der Waals surface area contributed by atoms with E-state index < -0.39 is 0 Å². The first-order valence-corrected chi connectivity index (χ1v) is 6.39. The van der Waals surface area contributed by atoms with Gasteiger partial charge in [-0.15, -0.1) is 0 Å². The molecule has 0 amide bonds. The van der Waals surface area contributed by atoms with Gasteiger partial charge in [0, 0.05) is 24.4 Å². The molecule has 0 aromatic carbocycles. The molecule has 3 heterocycles. The second-order valence-electron chi connectivity index (χ2n) is 4.74. The van der Waals surface area contributed by atoms with Crippen LogP contribution >= 0.6 is 0 Å². The predicted octanol–water partition coefficient (Wildman–Crippen LogP) is 1.64. The van der Waals surface area contributed by atoms with Gasteiger partial charge in [-0.3, -0.25) is 5.10 Å². The number of aromatic nitrogens is 4. The highest BCUT2D eigenvalue weighted by molar-refractivity contribution is 5.53. The lowest BCUT2D eigenvalue weighted by Crippen LogP contribution is -2.29. The van der Waals surface area contributed by atoms with Crippen LogP contribution in [-0.4, -0.2) is 33.3 Å². The van der Waals surface area contributed by atoms with Gasteiger partial charge in [0.05, 0.1) is 11.4 Å². The molecular formula is C13H17N5.